The summed E-state index contributed by atoms with van der Waals surface area (Å²) >= 11 is 0. The van der Waals surface area contributed by atoms with Crippen LogP contribution in [0.4, 0.5) is 0 Å². The fourth-order valence-electron chi connectivity index (χ4n) is 4.26. The molecule has 1 aliphatic heterocycles. The van der Waals surface area contributed by atoms with E-state index < -0.39 is 7.26 Å². The van der Waals surface area contributed by atoms with Gasteiger partial charge < -0.3 is 5.32 Å². The van der Waals surface area contributed by atoms with Gasteiger partial charge in [-0.2, -0.15) is 0 Å². The number of hydrogen-bond donors (Lipinski definition) is 1. The quantitative estimate of drug-likeness (QED) is 0.679. The minimum Gasteiger partial charge on any atom is -0.317 e. The van der Waals surface area contributed by atoms with Crippen LogP contribution >= 0.6 is 7.26 Å². The van der Waals surface area contributed by atoms with Crippen LogP contribution < -0.4 is 21.2 Å². The Morgan fingerprint density at radius 2 is 1.00 bits per heavy atom. The zero-order valence-electron chi connectivity index (χ0n) is 15.2. The number of hydrogen-bond acceptors (Lipinski definition) is 1. The van der Waals surface area contributed by atoms with Gasteiger partial charge in [-0.25, -0.2) is 0 Å². The molecule has 2 heteroatoms. The summed E-state index contributed by atoms with van der Waals surface area (Å²) in [6.07, 6.45) is 3.84. The number of piperidine rings is 1. The van der Waals surface area contributed by atoms with Crippen molar-refractivity contribution in [1.82, 2.24) is 5.32 Å². The van der Waals surface area contributed by atoms with Crippen molar-refractivity contribution in [3.63, 3.8) is 0 Å². The predicted molar refractivity (Wildman–Crippen MR) is 116 cm³/mol. The van der Waals surface area contributed by atoms with E-state index in [1.165, 1.54) is 34.9 Å². The van der Waals surface area contributed by atoms with E-state index in [2.05, 4.69) is 96.3 Å². The molecule has 0 unspecified atom stereocenters. The highest BCUT2D eigenvalue weighted by Crippen LogP contribution is 2.57. The third kappa shape index (κ3) is 3.47. The van der Waals surface area contributed by atoms with Gasteiger partial charge in [0, 0.05) is 0 Å². The highest BCUT2D eigenvalue weighted by molar-refractivity contribution is 7.95. The van der Waals surface area contributed by atoms with Crippen LogP contribution in [0.3, 0.4) is 0 Å². The van der Waals surface area contributed by atoms with E-state index in [-0.39, 0.29) is 0 Å². The first-order valence-electron chi connectivity index (χ1n) is 9.65. The minimum absolute atomic E-state index is 0.783. The van der Waals surface area contributed by atoms with E-state index in [9.17, 15) is 0 Å². The van der Waals surface area contributed by atoms with Crippen molar-refractivity contribution in [1.29, 1.82) is 0 Å². The molecule has 0 bridgehead atoms. The van der Waals surface area contributed by atoms with E-state index in [4.69, 9.17) is 0 Å². The molecule has 3 aromatic carbocycles. The predicted octanol–water partition coefficient (Wildman–Crippen LogP) is 3.98. The fraction of sp³-hybridized carbons (Fsp3) is 0.250. The Labute approximate surface area is 157 Å². The van der Waals surface area contributed by atoms with Gasteiger partial charge >= 0.3 is 0 Å². The Balaban J connectivity index is 1.90. The Morgan fingerprint density at radius 1 is 0.615 bits per heavy atom. The molecule has 3 aromatic rings. The molecule has 4 rings (SSSR count). The monoisotopic (exact) mass is 360 g/mol. The van der Waals surface area contributed by atoms with Crippen LogP contribution in [-0.2, 0) is 0 Å². The molecule has 0 aromatic heterocycles. The Kier molecular flexibility index (Phi) is 5.48. The maximum absolute atomic E-state index is 3.53. The molecule has 0 aliphatic carbocycles. The third-order valence-corrected chi connectivity index (χ3v) is 10.2. The molecule has 1 N–H and O–H groups in total. The van der Waals surface area contributed by atoms with Gasteiger partial charge in [-0.1, -0.05) is 54.6 Å². The summed E-state index contributed by atoms with van der Waals surface area (Å²) in [5.74, 6) is 0.783. The van der Waals surface area contributed by atoms with Gasteiger partial charge in [0.25, 0.3) is 0 Å². The van der Waals surface area contributed by atoms with Gasteiger partial charge in [0.05, 0.1) is 6.16 Å². The van der Waals surface area contributed by atoms with Crippen LogP contribution in [0.15, 0.2) is 91.0 Å². The number of rotatable bonds is 5. The Morgan fingerprint density at radius 3 is 1.38 bits per heavy atom. The first-order valence-corrected chi connectivity index (χ1v) is 11.6. The van der Waals surface area contributed by atoms with Crippen molar-refractivity contribution < 1.29 is 0 Å². The smallest absolute Gasteiger partial charge is 0.112 e. The molecular formula is C24H27NP+. The highest BCUT2D eigenvalue weighted by Gasteiger charge is 2.46. The van der Waals surface area contributed by atoms with Crippen LogP contribution in [0.1, 0.15) is 12.8 Å². The summed E-state index contributed by atoms with van der Waals surface area (Å²) in [5, 5.41) is 8.06. The molecule has 1 nitrogen and oxygen atoms in total. The number of nitrogens with one attached hydrogen (secondary N) is 1. The van der Waals surface area contributed by atoms with E-state index in [0.29, 0.717) is 0 Å². The molecule has 0 saturated carbocycles. The summed E-state index contributed by atoms with van der Waals surface area (Å²) in [4.78, 5) is 0. The Hall–Kier alpha value is -1.95. The maximum atomic E-state index is 3.53. The van der Waals surface area contributed by atoms with Crippen molar-refractivity contribution >= 4 is 23.2 Å². The first-order chi connectivity index (χ1) is 12.9. The van der Waals surface area contributed by atoms with Gasteiger partial charge in [0.15, 0.2) is 0 Å². The molecule has 1 aliphatic rings. The average molecular weight is 360 g/mol. The minimum atomic E-state index is -1.65. The van der Waals surface area contributed by atoms with Crippen molar-refractivity contribution in [2.45, 2.75) is 12.8 Å². The molecular weight excluding hydrogens is 333 g/mol. The van der Waals surface area contributed by atoms with Crippen molar-refractivity contribution in [2.75, 3.05) is 19.3 Å². The molecule has 26 heavy (non-hydrogen) atoms. The van der Waals surface area contributed by atoms with Crippen LogP contribution in [0.2, 0.25) is 0 Å². The van der Waals surface area contributed by atoms with Crippen LogP contribution in [-0.4, -0.2) is 19.3 Å². The summed E-state index contributed by atoms with van der Waals surface area (Å²) in [6.45, 7) is 2.31. The van der Waals surface area contributed by atoms with Crippen molar-refractivity contribution in [2.24, 2.45) is 5.92 Å². The molecule has 0 radical (unpaired) electrons. The van der Waals surface area contributed by atoms with Gasteiger partial charge in [0.1, 0.15) is 23.2 Å². The number of benzene rings is 3. The lowest BCUT2D eigenvalue weighted by Crippen LogP contribution is -2.38. The van der Waals surface area contributed by atoms with Gasteiger partial charge in [0.2, 0.25) is 0 Å². The molecule has 1 heterocycles. The lowest BCUT2D eigenvalue weighted by molar-refractivity contribution is 0.406. The molecule has 132 valence electrons. The second-order valence-electron chi connectivity index (χ2n) is 7.19. The van der Waals surface area contributed by atoms with Crippen LogP contribution in [0.25, 0.3) is 0 Å². The van der Waals surface area contributed by atoms with E-state index in [0.717, 1.165) is 19.0 Å². The molecule has 1 saturated heterocycles. The average Bonchev–Trinajstić information content (AvgIpc) is 2.75. The lowest BCUT2D eigenvalue weighted by Gasteiger charge is -2.32. The highest BCUT2D eigenvalue weighted by atomic mass is 31.2. The third-order valence-electron chi connectivity index (χ3n) is 5.58. The zero-order valence-corrected chi connectivity index (χ0v) is 16.1. The summed E-state index contributed by atoms with van der Waals surface area (Å²) in [5.41, 5.74) is 0. The van der Waals surface area contributed by atoms with Crippen LogP contribution in [0, 0.1) is 5.92 Å². The van der Waals surface area contributed by atoms with Crippen LogP contribution in [0.5, 0.6) is 0 Å². The SMILES string of the molecule is c1ccc([P+](CC2CCNCC2)(c2ccccc2)c2ccccc2)cc1. The Bertz CT molecular complexity index is 699. The van der Waals surface area contributed by atoms with Crippen molar-refractivity contribution in [3.05, 3.63) is 91.0 Å². The normalized spacial score (nSPS) is 15.7. The molecule has 0 atom stereocenters. The van der Waals surface area contributed by atoms with E-state index in [1.54, 1.807) is 0 Å². The summed E-state index contributed by atoms with van der Waals surface area (Å²) in [6, 6.07) is 33.8. The molecule has 0 amide bonds. The largest absolute Gasteiger partial charge is 0.317 e. The fourth-order valence-corrected chi connectivity index (χ4v) is 8.97. The molecule has 0 spiro atoms. The molecule has 1 fully saturated rings. The summed E-state index contributed by atoms with van der Waals surface area (Å²) < 4.78 is 0. The topological polar surface area (TPSA) is 12.0 Å². The first kappa shape index (κ1) is 17.5. The summed E-state index contributed by atoms with van der Waals surface area (Å²) in [7, 11) is -1.65. The van der Waals surface area contributed by atoms with E-state index >= 15 is 0 Å². The zero-order chi connectivity index (χ0) is 17.7. The lowest BCUT2D eigenvalue weighted by atomic mass is 10.0. The second kappa shape index (κ2) is 8.16. The van der Waals surface area contributed by atoms with Gasteiger partial charge in [-0.3, -0.25) is 0 Å². The van der Waals surface area contributed by atoms with E-state index in [1.807, 2.05) is 0 Å². The second-order valence-corrected chi connectivity index (χ2v) is 10.7. The maximum Gasteiger partial charge on any atom is 0.112 e. The standard InChI is InChI=1S/C24H27NP/c1-4-10-22(11-5-1)26(23-12-6-2-7-13-23,24-14-8-3-9-15-24)20-21-16-18-25-19-17-21/h1-15,21,25H,16-20H2/q+1. The van der Waals surface area contributed by atoms with Gasteiger partial charge in [-0.15, -0.1) is 0 Å². The van der Waals surface area contributed by atoms with Gasteiger partial charge in [-0.05, 0) is 68.2 Å². The van der Waals surface area contributed by atoms with Crippen molar-refractivity contribution in [3.8, 4) is 0 Å².